The zero-order chi connectivity index (χ0) is 18.6. The topological polar surface area (TPSA) is 57.7 Å². The summed E-state index contributed by atoms with van der Waals surface area (Å²) in [5, 5.41) is 0.534. The van der Waals surface area contributed by atoms with E-state index in [4.69, 9.17) is 23.2 Å². The van der Waals surface area contributed by atoms with Crippen molar-refractivity contribution in [2.75, 3.05) is 24.2 Å². The van der Waals surface area contributed by atoms with Crippen LogP contribution in [0.25, 0.3) is 0 Å². The van der Waals surface area contributed by atoms with Crippen molar-refractivity contribution in [3.05, 3.63) is 64.1 Å². The lowest BCUT2D eigenvalue weighted by molar-refractivity contribution is -0.128. The van der Waals surface area contributed by atoms with Gasteiger partial charge in [0.25, 0.3) is 0 Å². The minimum Gasteiger partial charge on any atom is -0.340 e. The molecule has 0 spiro atoms. The number of nitrogens with zero attached hydrogens (tertiary/aromatic N) is 2. The fourth-order valence-corrected chi connectivity index (χ4v) is 3.54. The van der Waals surface area contributed by atoms with Crippen molar-refractivity contribution in [1.82, 2.24) is 4.90 Å². The maximum Gasteiger partial charge on any atom is 0.243 e. The zero-order valence-electron chi connectivity index (χ0n) is 13.8. The highest BCUT2D eigenvalue weighted by Gasteiger charge is 2.24. The van der Waals surface area contributed by atoms with E-state index in [-0.39, 0.29) is 23.2 Å². The molecule has 2 rings (SSSR count). The second-order valence-corrected chi connectivity index (χ2v) is 8.35. The quantitative estimate of drug-likeness (QED) is 0.746. The molecule has 0 saturated heterocycles. The van der Waals surface area contributed by atoms with Crippen molar-refractivity contribution in [3.63, 3.8) is 0 Å². The number of benzene rings is 2. The number of carbonyl (C=O) groups excluding carboxylic acids is 1. The molecule has 2 aromatic rings. The number of carbonyl (C=O) groups is 1. The van der Waals surface area contributed by atoms with Gasteiger partial charge in [-0.05, 0) is 23.8 Å². The molecule has 0 aromatic heterocycles. The number of sulfonamides is 1. The van der Waals surface area contributed by atoms with Crippen molar-refractivity contribution in [3.8, 4) is 0 Å². The van der Waals surface area contributed by atoms with E-state index >= 15 is 0 Å². The van der Waals surface area contributed by atoms with Crippen LogP contribution in [0, 0.1) is 0 Å². The first-order chi connectivity index (χ1) is 11.7. The monoisotopic (exact) mass is 400 g/mol. The first-order valence-corrected chi connectivity index (χ1v) is 9.99. The molecule has 2 aromatic carbocycles. The Hall–Kier alpha value is -1.76. The van der Waals surface area contributed by atoms with Crippen LogP contribution in [-0.4, -0.2) is 39.1 Å². The van der Waals surface area contributed by atoms with E-state index in [1.54, 1.807) is 13.1 Å². The van der Waals surface area contributed by atoms with E-state index in [0.29, 0.717) is 11.6 Å². The summed E-state index contributed by atoms with van der Waals surface area (Å²) in [6.45, 7) is 0.0166. The molecule has 0 aliphatic carbocycles. The van der Waals surface area contributed by atoms with Gasteiger partial charge in [0.1, 0.15) is 6.54 Å². The van der Waals surface area contributed by atoms with Crippen LogP contribution in [0.4, 0.5) is 5.69 Å². The SMILES string of the molecule is CN(Cc1ccccc1)C(=O)CN(c1cc(Cl)ccc1Cl)S(C)(=O)=O. The van der Waals surface area contributed by atoms with Gasteiger partial charge >= 0.3 is 0 Å². The molecular formula is C17H18Cl2N2O3S. The zero-order valence-corrected chi connectivity index (χ0v) is 16.1. The van der Waals surface area contributed by atoms with E-state index in [2.05, 4.69) is 0 Å². The van der Waals surface area contributed by atoms with Crippen LogP contribution >= 0.6 is 23.2 Å². The summed E-state index contributed by atoms with van der Waals surface area (Å²) in [5.41, 5.74) is 1.13. The van der Waals surface area contributed by atoms with Gasteiger partial charge in [-0.25, -0.2) is 8.42 Å². The first kappa shape index (κ1) is 19.6. The van der Waals surface area contributed by atoms with Crippen molar-refractivity contribution in [2.24, 2.45) is 0 Å². The standard InChI is InChI=1S/C17H18Cl2N2O3S/c1-20(11-13-6-4-3-5-7-13)17(22)12-21(25(2,23)24)16-10-14(18)8-9-15(16)19/h3-10H,11-12H2,1-2H3. The summed E-state index contributed by atoms with van der Waals surface area (Å²) in [4.78, 5) is 14.0. The van der Waals surface area contributed by atoms with E-state index in [0.717, 1.165) is 16.1 Å². The molecule has 0 N–H and O–H groups in total. The minimum atomic E-state index is -3.72. The normalized spacial score (nSPS) is 11.2. The summed E-state index contributed by atoms with van der Waals surface area (Å²) >= 11 is 12.0. The lowest BCUT2D eigenvalue weighted by Crippen LogP contribution is -2.41. The molecule has 0 aliphatic rings. The Morgan fingerprint density at radius 1 is 1.08 bits per heavy atom. The number of likely N-dealkylation sites (N-methyl/N-ethyl adjacent to an activating group) is 1. The predicted octanol–water partition coefficient (Wildman–Crippen LogP) is 3.42. The Kier molecular flexibility index (Phi) is 6.32. The maximum atomic E-state index is 12.5. The van der Waals surface area contributed by atoms with Crippen LogP contribution in [0.5, 0.6) is 0 Å². The summed E-state index contributed by atoms with van der Waals surface area (Å²) in [5.74, 6) is -0.356. The van der Waals surface area contributed by atoms with Gasteiger partial charge in [-0.1, -0.05) is 53.5 Å². The Balaban J connectivity index is 2.23. The number of anilines is 1. The summed E-state index contributed by atoms with van der Waals surface area (Å²) in [6, 6.07) is 13.9. The second-order valence-electron chi connectivity index (χ2n) is 5.60. The van der Waals surface area contributed by atoms with E-state index < -0.39 is 10.0 Å². The van der Waals surface area contributed by atoms with Crippen LogP contribution in [0.15, 0.2) is 48.5 Å². The van der Waals surface area contributed by atoms with Gasteiger partial charge in [-0.15, -0.1) is 0 Å². The molecule has 0 aliphatic heterocycles. The average Bonchev–Trinajstić information content (AvgIpc) is 2.54. The predicted molar refractivity (Wildman–Crippen MR) is 102 cm³/mol. The molecule has 0 atom stereocenters. The smallest absolute Gasteiger partial charge is 0.243 e. The van der Waals surface area contributed by atoms with Crippen LogP contribution in [0.1, 0.15) is 5.56 Å². The highest BCUT2D eigenvalue weighted by molar-refractivity contribution is 7.92. The van der Waals surface area contributed by atoms with Crippen molar-refractivity contribution < 1.29 is 13.2 Å². The Labute approximate surface area is 157 Å². The van der Waals surface area contributed by atoms with Crippen molar-refractivity contribution in [1.29, 1.82) is 0 Å². The Bertz CT molecular complexity index is 857. The number of rotatable bonds is 6. The van der Waals surface area contributed by atoms with E-state index in [9.17, 15) is 13.2 Å². The van der Waals surface area contributed by atoms with Gasteiger partial charge in [0.05, 0.1) is 17.0 Å². The van der Waals surface area contributed by atoms with Gasteiger partial charge in [-0.3, -0.25) is 9.10 Å². The minimum absolute atomic E-state index is 0.179. The molecule has 0 radical (unpaired) electrons. The molecule has 134 valence electrons. The molecule has 25 heavy (non-hydrogen) atoms. The fraction of sp³-hybridized carbons (Fsp3) is 0.235. The Morgan fingerprint density at radius 3 is 2.32 bits per heavy atom. The molecule has 8 heteroatoms. The lowest BCUT2D eigenvalue weighted by Gasteiger charge is -2.26. The molecule has 5 nitrogen and oxygen atoms in total. The van der Waals surface area contributed by atoms with Crippen LogP contribution < -0.4 is 4.31 Å². The van der Waals surface area contributed by atoms with Gasteiger partial charge < -0.3 is 4.90 Å². The number of amides is 1. The fourth-order valence-electron chi connectivity index (χ4n) is 2.25. The number of hydrogen-bond donors (Lipinski definition) is 0. The third-order valence-electron chi connectivity index (χ3n) is 3.54. The van der Waals surface area contributed by atoms with Gasteiger partial charge in [-0.2, -0.15) is 0 Å². The molecule has 0 saturated carbocycles. The molecular weight excluding hydrogens is 383 g/mol. The number of hydrogen-bond acceptors (Lipinski definition) is 3. The van der Waals surface area contributed by atoms with Gasteiger partial charge in [0.2, 0.25) is 15.9 Å². The summed E-state index contributed by atoms with van der Waals surface area (Å²) < 4.78 is 25.3. The highest BCUT2D eigenvalue weighted by Crippen LogP contribution is 2.30. The summed E-state index contributed by atoms with van der Waals surface area (Å²) in [6.07, 6.45) is 1.02. The van der Waals surface area contributed by atoms with Gasteiger partial charge in [0, 0.05) is 18.6 Å². The maximum absolute atomic E-state index is 12.5. The van der Waals surface area contributed by atoms with Crippen LogP contribution in [0.3, 0.4) is 0 Å². The molecule has 0 fully saturated rings. The lowest BCUT2D eigenvalue weighted by atomic mass is 10.2. The summed E-state index contributed by atoms with van der Waals surface area (Å²) in [7, 11) is -2.10. The molecule has 0 heterocycles. The third-order valence-corrected chi connectivity index (χ3v) is 5.23. The van der Waals surface area contributed by atoms with Gasteiger partial charge in [0.15, 0.2) is 0 Å². The van der Waals surface area contributed by atoms with E-state index in [1.165, 1.54) is 17.0 Å². The van der Waals surface area contributed by atoms with Crippen molar-refractivity contribution in [2.45, 2.75) is 6.54 Å². The largest absolute Gasteiger partial charge is 0.340 e. The molecule has 0 unspecified atom stereocenters. The molecule has 1 amide bonds. The second kappa shape index (κ2) is 8.08. The number of halogens is 2. The van der Waals surface area contributed by atoms with E-state index in [1.807, 2.05) is 30.3 Å². The van der Waals surface area contributed by atoms with Crippen LogP contribution in [0.2, 0.25) is 10.0 Å². The average molecular weight is 401 g/mol. The van der Waals surface area contributed by atoms with Crippen LogP contribution in [-0.2, 0) is 21.4 Å². The molecule has 0 bridgehead atoms. The van der Waals surface area contributed by atoms with Crippen molar-refractivity contribution >= 4 is 44.8 Å². The third kappa shape index (κ3) is 5.36. The Morgan fingerprint density at radius 2 is 1.72 bits per heavy atom. The first-order valence-electron chi connectivity index (χ1n) is 7.39. The highest BCUT2D eigenvalue weighted by atomic mass is 35.5.